The van der Waals surface area contributed by atoms with Crippen LogP contribution in [-0.2, 0) is 0 Å². The SMILES string of the molecule is COc1ccc(OC)c(N2CC(O)C(=C3Nc4cccc(C)c4N3)C2=N)c1. The number of ether oxygens (including phenoxy) is 2. The molecule has 4 rings (SSSR count). The van der Waals surface area contributed by atoms with Gasteiger partial charge >= 0.3 is 0 Å². The highest BCUT2D eigenvalue weighted by Gasteiger charge is 2.37. The molecule has 0 saturated carbocycles. The van der Waals surface area contributed by atoms with Crippen LogP contribution in [0.15, 0.2) is 47.8 Å². The number of anilines is 3. The van der Waals surface area contributed by atoms with Crippen LogP contribution in [0, 0.1) is 12.3 Å². The number of amidine groups is 1. The molecule has 1 atom stereocenters. The summed E-state index contributed by atoms with van der Waals surface area (Å²) in [5, 5.41) is 26.0. The maximum Gasteiger partial charge on any atom is 0.142 e. The van der Waals surface area contributed by atoms with E-state index in [-0.39, 0.29) is 12.4 Å². The lowest BCUT2D eigenvalue weighted by molar-refractivity contribution is 0.233. The first-order valence-electron chi connectivity index (χ1n) is 8.68. The highest BCUT2D eigenvalue weighted by Crippen LogP contribution is 2.39. The van der Waals surface area contributed by atoms with Gasteiger partial charge in [0.2, 0.25) is 0 Å². The summed E-state index contributed by atoms with van der Waals surface area (Å²) < 4.78 is 10.8. The molecule has 2 aromatic rings. The zero-order chi connectivity index (χ0) is 19.1. The third kappa shape index (κ3) is 2.76. The quantitative estimate of drug-likeness (QED) is 0.668. The lowest BCUT2D eigenvalue weighted by atomic mass is 10.2. The number of β-amino-alcohol motifs (C(OH)–C–C–N with tert-alkyl or cyclic N) is 1. The molecule has 2 aliphatic rings. The van der Waals surface area contributed by atoms with Crippen LogP contribution in [0.1, 0.15) is 5.56 Å². The van der Waals surface area contributed by atoms with Gasteiger partial charge in [-0.05, 0) is 30.7 Å². The first-order valence-corrected chi connectivity index (χ1v) is 8.68. The number of nitrogens with zero attached hydrogens (tertiary/aromatic N) is 1. The Kier molecular flexibility index (Phi) is 4.16. The minimum atomic E-state index is -0.807. The number of aryl methyl sites for hydroxylation is 1. The largest absolute Gasteiger partial charge is 0.497 e. The number of methoxy groups -OCH3 is 2. The van der Waals surface area contributed by atoms with Gasteiger partial charge in [0.1, 0.15) is 29.3 Å². The number of hydrogen-bond donors (Lipinski definition) is 4. The molecule has 1 fully saturated rings. The summed E-state index contributed by atoms with van der Waals surface area (Å²) in [4.78, 5) is 1.73. The highest BCUT2D eigenvalue weighted by molar-refractivity contribution is 6.13. The van der Waals surface area contributed by atoms with Gasteiger partial charge in [-0.25, -0.2) is 0 Å². The normalized spacial score (nSPS) is 21.0. The lowest BCUT2D eigenvalue weighted by Gasteiger charge is -2.21. The Hall–Kier alpha value is -3.19. The lowest BCUT2D eigenvalue weighted by Crippen LogP contribution is -2.25. The van der Waals surface area contributed by atoms with Crippen molar-refractivity contribution in [1.82, 2.24) is 0 Å². The fraction of sp³-hybridized carbons (Fsp3) is 0.250. The molecule has 140 valence electrons. The van der Waals surface area contributed by atoms with Crippen LogP contribution in [-0.4, -0.2) is 37.8 Å². The fourth-order valence-corrected chi connectivity index (χ4v) is 3.53. The van der Waals surface area contributed by atoms with Crippen LogP contribution >= 0.6 is 0 Å². The molecule has 0 bridgehead atoms. The molecule has 0 aliphatic carbocycles. The summed E-state index contributed by atoms with van der Waals surface area (Å²) in [7, 11) is 3.18. The van der Waals surface area contributed by atoms with Gasteiger partial charge in [-0.15, -0.1) is 0 Å². The minimum absolute atomic E-state index is 0.217. The molecular weight excluding hydrogens is 344 g/mol. The molecule has 7 heteroatoms. The zero-order valence-corrected chi connectivity index (χ0v) is 15.5. The van der Waals surface area contributed by atoms with E-state index in [0.717, 1.165) is 16.9 Å². The van der Waals surface area contributed by atoms with Crippen molar-refractivity contribution < 1.29 is 14.6 Å². The van der Waals surface area contributed by atoms with Gasteiger partial charge in [0.25, 0.3) is 0 Å². The second-order valence-corrected chi connectivity index (χ2v) is 6.55. The number of rotatable bonds is 3. The van der Waals surface area contributed by atoms with Crippen LogP contribution in [0.25, 0.3) is 0 Å². The van der Waals surface area contributed by atoms with Gasteiger partial charge in [-0.2, -0.15) is 0 Å². The van der Waals surface area contributed by atoms with E-state index in [9.17, 15) is 5.11 Å². The molecule has 1 unspecified atom stereocenters. The minimum Gasteiger partial charge on any atom is -0.497 e. The molecule has 0 spiro atoms. The van der Waals surface area contributed by atoms with Crippen LogP contribution in [0.2, 0.25) is 0 Å². The molecule has 7 nitrogen and oxygen atoms in total. The van der Waals surface area contributed by atoms with Crippen molar-refractivity contribution >= 4 is 22.9 Å². The van der Waals surface area contributed by atoms with Gasteiger partial charge in [0, 0.05) is 6.07 Å². The standard InChI is InChI=1S/C20H22N4O3/c1-11-5-4-6-13-18(11)23-20(22-13)17-15(25)10-24(19(17)21)14-9-12(26-2)7-8-16(14)27-3/h4-9,15,21-23,25H,10H2,1-3H3. The molecule has 27 heavy (non-hydrogen) atoms. The second kappa shape index (κ2) is 6.51. The summed E-state index contributed by atoms with van der Waals surface area (Å²) in [6, 6.07) is 11.4. The van der Waals surface area contributed by atoms with Gasteiger partial charge in [0.15, 0.2) is 0 Å². The van der Waals surface area contributed by atoms with Crippen molar-refractivity contribution in [3.63, 3.8) is 0 Å². The maximum atomic E-state index is 10.7. The Morgan fingerprint density at radius 3 is 2.67 bits per heavy atom. The van der Waals surface area contributed by atoms with Gasteiger partial charge < -0.3 is 30.1 Å². The summed E-state index contributed by atoms with van der Waals surface area (Å²) >= 11 is 0. The van der Waals surface area contributed by atoms with Crippen LogP contribution in [0.3, 0.4) is 0 Å². The van der Waals surface area contributed by atoms with Crippen molar-refractivity contribution in [3.8, 4) is 11.5 Å². The molecule has 2 aliphatic heterocycles. The van der Waals surface area contributed by atoms with Gasteiger partial charge in [0.05, 0.1) is 43.4 Å². The Bertz CT molecular complexity index is 954. The number of hydrogen-bond acceptors (Lipinski definition) is 6. The number of benzene rings is 2. The third-order valence-corrected chi connectivity index (χ3v) is 4.94. The average Bonchev–Trinajstić information content (AvgIpc) is 3.22. The van der Waals surface area contributed by atoms with E-state index in [1.165, 1.54) is 0 Å². The number of para-hydroxylation sites is 1. The fourth-order valence-electron chi connectivity index (χ4n) is 3.53. The predicted octanol–water partition coefficient (Wildman–Crippen LogP) is 2.92. The first kappa shape index (κ1) is 17.2. The van der Waals surface area contributed by atoms with Crippen molar-refractivity contribution in [2.45, 2.75) is 13.0 Å². The van der Waals surface area contributed by atoms with E-state index in [4.69, 9.17) is 14.9 Å². The third-order valence-electron chi connectivity index (χ3n) is 4.94. The van der Waals surface area contributed by atoms with E-state index in [1.54, 1.807) is 31.3 Å². The number of fused-ring (bicyclic) bond motifs is 1. The van der Waals surface area contributed by atoms with E-state index in [2.05, 4.69) is 10.6 Å². The first-order chi connectivity index (χ1) is 13.0. The van der Waals surface area contributed by atoms with Crippen LogP contribution < -0.4 is 25.0 Å². The number of nitrogens with one attached hydrogen (secondary N) is 3. The second-order valence-electron chi connectivity index (χ2n) is 6.55. The van der Waals surface area contributed by atoms with Gasteiger partial charge in [-0.1, -0.05) is 12.1 Å². The summed E-state index contributed by atoms with van der Waals surface area (Å²) in [6.45, 7) is 2.28. The molecular formula is C20H22N4O3. The summed E-state index contributed by atoms with van der Waals surface area (Å²) in [5.74, 6) is 2.13. The Morgan fingerprint density at radius 2 is 1.96 bits per heavy atom. The van der Waals surface area contributed by atoms with E-state index in [1.807, 2.05) is 31.2 Å². The molecule has 4 N–H and O–H groups in total. The highest BCUT2D eigenvalue weighted by atomic mass is 16.5. The monoisotopic (exact) mass is 366 g/mol. The van der Waals surface area contributed by atoms with Crippen LogP contribution in [0.5, 0.6) is 11.5 Å². The van der Waals surface area contributed by atoms with E-state index < -0.39 is 6.10 Å². The molecule has 2 heterocycles. The number of aliphatic hydroxyl groups is 1. The van der Waals surface area contributed by atoms with Crippen molar-refractivity contribution in [2.24, 2.45) is 0 Å². The molecule has 0 aromatic heterocycles. The van der Waals surface area contributed by atoms with Gasteiger partial charge in [-0.3, -0.25) is 5.41 Å². The topological polar surface area (TPSA) is 89.8 Å². The zero-order valence-electron chi connectivity index (χ0n) is 15.5. The van der Waals surface area contributed by atoms with Crippen molar-refractivity contribution in [3.05, 3.63) is 53.4 Å². The molecule has 2 aromatic carbocycles. The van der Waals surface area contributed by atoms with Crippen LogP contribution in [0.4, 0.5) is 17.1 Å². The molecule has 1 saturated heterocycles. The Morgan fingerprint density at radius 1 is 1.15 bits per heavy atom. The summed E-state index contributed by atoms with van der Waals surface area (Å²) in [6.07, 6.45) is -0.807. The average molecular weight is 366 g/mol. The number of aliphatic hydroxyl groups excluding tert-OH is 1. The summed E-state index contributed by atoms with van der Waals surface area (Å²) in [5.41, 5.74) is 4.21. The van der Waals surface area contributed by atoms with E-state index in [0.29, 0.717) is 28.6 Å². The predicted molar refractivity (Wildman–Crippen MR) is 106 cm³/mol. The Balaban J connectivity index is 1.72. The van der Waals surface area contributed by atoms with Crippen molar-refractivity contribution in [1.29, 1.82) is 5.41 Å². The molecule has 0 amide bonds. The van der Waals surface area contributed by atoms with Crippen molar-refractivity contribution in [2.75, 3.05) is 36.3 Å². The van der Waals surface area contributed by atoms with E-state index >= 15 is 0 Å². The molecule has 0 radical (unpaired) electrons. The Labute approximate surface area is 157 Å². The maximum absolute atomic E-state index is 10.7. The smallest absolute Gasteiger partial charge is 0.142 e.